The number of benzene rings is 1. The number of thiazole rings is 1. The maximum atomic E-state index is 10.8. The lowest BCUT2D eigenvalue weighted by Crippen LogP contribution is -1.95. The van der Waals surface area contributed by atoms with Crippen molar-refractivity contribution in [3.8, 4) is 0 Å². The Morgan fingerprint density at radius 3 is 3.00 bits per heavy atom. The molecule has 0 unspecified atom stereocenters. The number of hydrazone groups is 1. The van der Waals surface area contributed by atoms with E-state index in [0.717, 1.165) is 0 Å². The summed E-state index contributed by atoms with van der Waals surface area (Å²) >= 11 is 3.24. The Morgan fingerprint density at radius 2 is 2.37 bits per heavy atom. The normalized spacial score (nSPS) is 10.8. The van der Waals surface area contributed by atoms with Crippen LogP contribution in [0.2, 0.25) is 0 Å². The van der Waals surface area contributed by atoms with Crippen LogP contribution in [0.4, 0.5) is 16.6 Å². The van der Waals surface area contributed by atoms with Gasteiger partial charge in [-0.3, -0.25) is 15.5 Å². The highest BCUT2D eigenvalue weighted by Crippen LogP contribution is 2.21. The van der Waals surface area contributed by atoms with Crippen molar-refractivity contribution in [1.29, 1.82) is 0 Å². The number of rotatable bonds is 4. The molecule has 0 aliphatic heterocycles. The van der Waals surface area contributed by atoms with E-state index in [9.17, 15) is 10.1 Å². The third kappa shape index (κ3) is 3.61. The second kappa shape index (κ2) is 5.93. The Bertz CT molecular complexity index is 643. The zero-order chi connectivity index (χ0) is 13.8. The Kier molecular flexibility index (Phi) is 4.27. The van der Waals surface area contributed by atoms with E-state index in [0.29, 0.717) is 20.1 Å². The van der Waals surface area contributed by atoms with Gasteiger partial charge in [0.25, 0.3) is 5.69 Å². The van der Waals surface area contributed by atoms with Crippen LogP contribution in [0.3, 0.4) is 0 Å². The number of nitro groups is 1. The lowest BCUT2D eigenvalue weighted by Gasteiger charge is -1.97. The van der Waals surface area contributed by atoms with Crippen molar-refractivity contribution >= 4 is 56.8 Å². The minimum atomic E-state index is -0.423. The molecule has 98 valence electrons. The monoisotopic (exact) mass is 389 g/mol. The SMILES string of the molecule is Nc1csc(NN=Cc2ccc(I)c([N+](=O)[O-])c2)n1. The molecule has 9 heteroatoms. The lowest BCUT2D eigenvalue weighted by atomic mass is 10.2. The highest BCUT2D eigenvalue weighted by Gasteiger charge is 2.11. The van der Waals surface area contributed by atoms with Gasteiger partial charge in [0.15, 0.2) is 0 Å². The van der Waals surface area contributed by atoms with Crippen LogP contribution in [-0.4, -0.2) is 16.1 Å². The number of anilines is 2. The summed E-state index contributed by atoms with van der Waals surface area (Å²) in [5.41, 5.74) is 8.85. The van der Waals surface area contributed by atoms with Crippen LogP contribution >= 0.6 is 33.9 Å². The molecule has 0 saturated heterocycles. The molecule has 1 aromatic carbocycles. The maximum absolute atomic E-state index is 10.8. The predicted octanol–water partition coefficient (Wildman–Crippen LogP) is 2.68. The van der Waals surface area contributed by atoms with Crippen molar-refractivity contribution in [1.82, 2.24) is 4.98 Å². The van der Waals surface area contributed by atoms with E-state index >= 15 is 0 Å². The van der Waals surface area contributed by atoms with Crippen molar-refractivity contribution in [2.24, 2.45) is 5.10 Å². The van der Waals surface area contributed by atoms with Gasteiger partial charge in [-0.15, -0.1) is 11.3 Å². The van der Waals surface area contributed by atoms with Gasteiger partial charge in [-0.25, -0.2) is 4.98 Å². The number of nitrogens with zero attached hydrogens (tertiary/aromatic N) is 3. The number of halogens is 1. The Labute approximate surface area is 125 Å². The van der Waals surface area contributed by atoms with Gasteiger partial charge in [0, 0.05) is 17.0 Å². The number of aromatic nitrogens is 1. The van der Waals surface area contributed by atoms with Gasteiger partial charge in [-0.1, -0.05) is 6.07 Å². The molecule has 7 nitrogen and oxygen atoms in total. The van der Waals surface area contributed by atoms with E-state index in [-0.39, 0.29) is 5.69 Å². The van der Waals surface area contributed by atoms with Crippen molar-refractivity contribution in [3.05, 3.63) is 42.8 Å². The van der Waals surface area contributed by atoms with Gasteiger partial charge in [0.2, 0.25) is 5.13 Å². The van der Waals surface area contributed by atoms with Gasteiger partial charge in [0.05, 0.1) is 14.7 Å². The fourth-order valence-corrected chi connectivity index (χ4v) is 2.33. The maximum Gasteiger partial charge on any atom is 0.283 e. The Hall–Kier alpha value is -1.75. The van der Waals surface area contributed by atoms with Gasteiger partial charge >= 0.3 is 0 Å². The summed E-state index contributed by atoms with van der Waals surface area (Å²) in [5, 5.41) is 17.0. The predicted molar refractivity (Wildman–Crippen MR) is 83.6 cm³/mol. The first-order chi connectivity index (χ1) is 9.06. The average molecular weight is 389 g/mol. The van der Waals surface area contributed by atoms with Crippen LogP contribution in [0, 0.1) is 13.7 Å². The summed E-state index contributed by atoms with van der Waals surface area (Å²) in [4.78, 5) is 14.3. The number of nitrogen functional groups attached to an aromatic ring is 1. The number of nitrogens with one attached hydrogen (secondary N) is 1. The smallest absolute Gasteiger partial charge is 0.283 e. The number of hydrogen-bond acceptors (Lipinski definition) is 7. The molecule has 0 radical (unpaired) electrons. The first-order valence-electron chi connectivity index (χ1n) is 5.00. The second-order valence-corrected chi connectivity index (χ2v) is 5.44. The molecule has 0 fully saturated rings. The highest BCUT2D eigenvalue weighted by molar-refractivity contribution is 14.1. The lowest BCUT2D eigenvalue weighted by molar-refractivity contribution is -0.385. The number of hydrogen-bond donors (Lipinski definition) is 2. The van der Waals surface area contributed by atoms with Gasteiger partial charge in [-0.2, -0.15) is 5.10 Å². The topological polar surface area (TPSA) is 106 Å². The summed E-state index contributed by atoms with van der Waals surface area (Å²) in [6, 6.07) is 4.88. The first kappa shape index (κ1) is 13.7. The van der Waals surface area contributed by atoms with Crippen LogP contribution < -0.4 is 11.2 Å². The average Bonchev–Trinajstić information content (AvgIpc) is 2.77. The van der Waals surface area contributed by atoms with Gasteiger partial charge < -0.3 is 5.73 Å². The zero-order valence-corrected chi connectivity index (χ0v) is 12.4. The largest absolute Gasteiger partial charge is 0.383 e. The molecule has 3 N–H and O–H groups in total. The molecule has 0 aliphatic carbocycles. The molecule has 2 rings (SSSR count). The molecule has 0 atom stereocenters. The van der Waals surface area contributed by atoms with Crippen LogP contribution in [0.1, 0.15) is 5.56 Å². The zero-order valence-electron chi connectivity index (χ0n) is 9.41. The minimum absolute atomic E-state index is 0.0584. The van der Waals surface area contributed by atoms with Crippen LogP contribution in [0.15, 0.2) is 28.7 Å². The van der Waals surface area contributed by atoms with E-state index in [4.69, 9.17) is 5.73 Å². The van der Waals surface area contributed by atoms with Crippen LogP contribution in [-0.2, 0) is 0 Å². The molecule has 1 aromatic heterocycles. The standard InChI is InChI=1S/C10H8IN5O2S/c11-7-2-1-6(3-8(7)16(17)18)4-13-15-10-14-9(12)5-19-10/h1-5H,12H2,(H,14,15). The fraction of sp³-hybridized carbons (Fsp3) is 0. The Balaban J connectivity index is 2.10. The summed E-state index contributed by atoms with van der Waals surface area (Å²) in [7, 11) is 0. The quantitative estimate of drug-likeness (QED) is 0.362. The molecule has 19 heavy (non-hydrogen) atoms. The van der Waals surface area contributed by atoms with Crippen LogP contribution in [0.5, 0.6) is 0 Å². The summed E-state index contributed by atoms with van der Waals surface area (Å²) in [6.07, 6.45) is 1.49. The van der Waals surface area contributed by atoms with Crippen LogP contribution in [0.25, 0.3) is 0 Å². The molecule has 0 aliphatic rings. The van der Waals surface area contributed by atoms with Crippen molar-refractivity contribution < 1.29 is 4.92 Å². The van der Waals surface area contributed by atoms with E-state index in [2.05, 4.69) is 15.5 Å². The summed E-state index contributed by atoms with van der Waals surface area (Å²) in [5.74, 6) is 0.424. The van der Waals surface area contributed by atoms with E-state index in [1.54, 1.807) is 17.5 Å². The Morgan fingerprint density at radius 1 is 1.58 bits per heavy atom. The molecule has 2 aromatic rings. The first-order valence-corrected chi connectivity index (χ1v) is 6.96. The molecule has 0 saturated carbocycles. The fourth-order valence-electron chi connectivity index (χ4n) is 1.25. The molecule has 1 heterocycles. The van der Waals surface area contributed by atoms with E-state index in [1.807, 2.05) is 22.6 Å². The van der Waals surface area contributed by atoms with Crippen molar-refractivity contribution in [2.45, 2.75) is 0 Å². The number of nitro benzene ring substituents is 1. The third-order valence-corrected chi connectivity index (χ3v) is 3.74. The summed E-state index contributed by atoms with van der Waals surface area (Å²) in [6.45, 7) is 0. The van der Waals surface area contributed by atoms with E-state index < -0.39 is 4.92 Å². The number of nitrogens with two attached hydrogens (primary N) is 1. The minimum Gasteiger partial charge on any atom is -0.383 e. The molecular weight excluding hydrogens is 381 g/mol. The van der Waals surface area contributed by atoms with E-state index in [1.165, 1.54) is 23.6 Å². The van der Waals surface area contributed by atoms with Crippen molar-refractivity contribution in [2.75, 3.05) is 11.2 Å². The second-order valence-electron chi connectivity index (χ2n) is 3.42. The van der Waals surface area contributed by atoms with Gasteiger partial charge in [-0.05, 0) is 28.7 Å². The molecular formula is C10H8IN5O2S. The molecule has 0 bridgehead atoms. The third-order valence-electron chi connectivity index (χ3n) is 2.06. The molecule has 0 amide bonds. The van der Waals surface area contributed by atoms with Crippen molar-refractivity contribution in [3.63, 3.8) is 0 Å². The highest BCUT2D eigenvalue weighted by atomic mass is 127. The van der Waals surface area contributed by atoms with Gasteiger partial charge in [0.1, 0.15) is 5.82 Å². The molecule has 0 spiro atoms. The summed E-state index contributed by atoms with van der Waals surface area (Å²) < 4.78 is 0.584.